The Balaban J connectivity index is 2.59. The summed E-state index contributed by atoms with van der Waals surface area (Å²) in [6, 6.07) is 15.0. The van der Waals surface area contributed by atoms with E-state index in [0.717, 1.165) is 30.1 Å². The Morgan fingerprint density at radius 3 is 2.17 bits per heavy atom. The van der Waals surface area contributed by atoms with Crippen LogP contribution in [0.15, 0.2) is 48.5 Å². The minimum absolute atomic E-state index is 0.193. The summed E-state index contributed by atoms with van der Waals surface area (Å²) in [6.07, 6.45) is 0.846. The van der Waals surface area contributed by atoms with E-state index in [1.165, 1.54) is 5.56 Å². The molecule has 3 heteroatoms. The number of hydrogen-bond acceptors (Lipinski definition) is 1. The molecule has 2 rings (SSSR count). The molecule has 1 atom stereocenters. The molecule has 0 heterocycles. The molecule has 130 valence electrons. The summed E-state index contributed by atoms with van der Waals surface area (Å²) in [6.45, 7) is 10.7. The average molecular weight is 348 g/mol. The van der Waals surface area contributed by atoms with Crippen LogP contribution < -0.4 is 0 Å². The minimum atomic E-state index is -0.196. The van der Waals surface area contributed by atoms with Crippen LogP contribution in [0.2, 0.25) is 5.02 Å². The molecule has 0 bridgehead atoms. The van der Waals surface area contributed by atoms with Gasteiger partial charge in [0, 0.05) is 5.02 Å². The summed E-state index contributed by atoms with van der Waals surface area (Å²) in [7, 11) is 0. The molecule has 0 N–H and O–H groups in total. The predicted molar refractivity (Wildman–Crippen MR) is 101 cm³/mol. The van der Waals surface area contributed by atoms with Gasteiger partial charge in [-0.15, -0.1) is 0 Å². The fraction of sp³-hybridized carbons (Fsp3) is 0.429. The van der Waals surface area contributed by atoms with Gasteiger partial charge >= 0.3 is 0 Å². The molecule has 0 aliphatic carbocycles. The second-order valence-electron chi connectivity index (χ2n) is 6.56. The summed E-state index contributed by atoms with van der Waals surface area (Å²) in [4.78, 5) is 2.48. The average Bonchev–Trinajstić information content (AvgIpc) is 2.55. The Kier molecular flexibility index (Phi) is 6.42. The highest BCUT2D eigenvalue weighted by Gasteiger charge is 2.40. The monoisotopic (exact) mass is 347 g/mol. The van der Waals surface area contributed by atoms with Crippen LogP contribution in [0, 0.1) is 11.7 Å². The summed E-state index contributed by atoms with van der Waals surface area (Å²) in [5, 5.41) is 0.754. The van der Waals surface area contributed by atoms with E-state index in [4.69, 9.17) is 11.6 Å². The normalized spacial score (nSPS) is 14.2. The minimum Gasteiger partial charge on any atom is -0.294 e. The van der Waals surface area contributed by atoms with E-state index >= 15 is 0 Å². The van der Waals surface area contributed by atoms with Crippen LogP contribution >= 0.6 is 11.6 Å². The highest BCUT2D eigenvalue weighted by molar-refractivity contribution is 6.30. The van der Waals surface area contributed by atoms with Gasteiger partial charge in [0.1, 0.15) is 5.82 Å². The van der Waals surface area contributed by atoms with E-state index in [2.05, 4.69) is 38.7 Å². The van der Waals surface area contributed by atoms with Gasteiger partial charge in [-0.3, -0.25) is 4.90 Å². The van der Waals surface area contributed by atoms with Crippen molar-refractivity contribution in [2.45, 2.75) is 39.7 Å². The largest absolute Gasteiger partial charge is 0.294 e. The Labute approximate surface area is 150 Å². The molecular weight excluding hydrogens is 321 g/mol. The molecule has 0 aromatic heterocycles. The van der Waals surface area contributed by atoms with Gasteiger partial charge in [-0.2, -0.15) is 0 Å². The standard InChI is InChI=1S/C21H27ClFN/c1-5-24(6-2)21(16(3)4,18-10-12-20(23)13-11-18)15-17-8-7-9-19(22)14-17/h7-14,16H,5-6,15H2,1-4H3. The smallest absolute Gasteiger partial charge is 0.123 e. The summed E-state index contributed by atoms with van der Waals surface area (Å²) in [5.74, 6) is 0.167. The van der Waals surface area contributed by atoms with Crippen molar-refractivity contribution in [3.8, 4) is 0 Å². The van der Waals surface area contributed by atoms with Crippen molar-refractivity contribution < 1.29 is 4.39 Å². The van der Waals surface area contributed by atoms with Crippen molar-refractivity contribution in [1.82, 2.24) is 4.90 Å². The molecule has 1 nitrogen and oxygen atoms in total. The Bertz CT molecular complexity index is 649. The maximum Gasteiger partial charge on any atom is 0.123 e. The summed E-state index contributed by atoms with van der Waals surface area (Å²) in [5.41, 5.74) is 2.16. The number of likely N-dealkylation sites (N-methyl/N-ethyl adjacent to an activating group) is 1. The van der Waals surface area contributed by atoms with Gasteiger partial charge < -0.3 is 0 Å². The third-order valence-electron chi connectivity index (χ3n) is 4.99. The van der Waals surface area contributed by atoms with Crippen LogP contribution in [0.1, 0.15) is 38.8 Å². The molecule has 0 aliphatic heterocycles. The SMILES string of the molecule is CCN(CC)C(Cc1cccc(Cl)c1)(c1ccc(F)cc1)C(C)C. The molecule has 2 aromatic rings. The fourth-order valence-corrected chi connectivity index (χ4v) is 4.00. The first-order chi connectivity index (χ1) is 11.4. The Hall–Kier alpha value is -1.38. The van der Waals surface area contributed by atoms with Crippen LogP contribution in [-0.4, -0.2) is 18.0 Å². The number of rotatable bonds is 7. The molecule has 1 unspecified atom stereocenters. The van der Waals surface area contributed by atoms with Crippen molar-refractivity contribution in [2.75, 3.05) is 13.1 Å². The van der Waals surface area contributed by atoms with Gasteiger partial charge in [-0.05, 0) is 60.8 Å². The molecular formula is C21H27ClFN. The molecule has 0 amide bonds. The lowest BCUT2D eigenvalue weighted by Crippen LogP contribution is -2.51. The van der Waals surface area contributed by atoms with Gasteiger partial charge in [0.25, 0.3) is 0 Å². The maximum atomic E-state index is 13.5. The second-order valence-corrected chi connectivity index (χ2v) is 7.00. The molecule has 0 saturated carbocycles. The lowest BCUT2D eigenvalue weighted by atomic mass is 9.74. The van der Waals surface area contributed by atoms with Crippen molar-refractivity contribution in [2.24, 2.45) is 5.92 Å². The van der Waals surface area contributed by atoms with Crippen LogP contribution in [0.4, 0.5) is 4.39 Å². The number of benzene rings is 2. The van der Waals surface area contributed by atoms with E-state index in [1.807, 2.05) is 30.3 Å². The van der Waals surface area contributed by atoms with E-state index in [9.17, 15) is 4.39 Å². The van der Waals surface area contributed by atoms with Crippen molar-refractivity contribution >= 4 is 11.6 Å². The predicted octanol–water partition coefficient (Wildman–Crippen LogP) is 5.91. The van der Waals surface area contributed by atoms with E-state index in [-0.39, 0.29) is 11.4 Å². The summed E-state index contributed by atoms with van der Waals surface area (Å²) >= 11 is 6.20. The molecule has 0 aliphatic rings. The fourth-order valence-electron chi connectivity index (χ4n) is 3.78. The van der Waals surface area contributed by atoms with Gasteiger partial charge in [-0.1, -0.05) is 63.6 Å². The maximum absolute atomic E-state index is 13.5. The lowest BCUT2D eigenvalue weighted by molar-refractivity contribution is 0.0494. The van der Waals surface area contributed by atoms with Crippen LogP contribution in [0.3, 0.4) is 0 Å². The van der Waals surface area contributed by atoms with Crippen molar-refractivity contribution in [1.29, 1.82) is 0 Å². The molecule has 0 radical (unpaired) electrons. The molecule has 0 fully saturated rings. The van der Waals surface area contributed by atoms with Crippen molar-refractivity contribution in [3.63, 3.8) is 0 Å². The number of halogens is 2. The second kappa shape index (κ2) is 8.13. The van der Waals surface area contributed by atoms with Gasteiger partial charge in [0.15, 0.2) is 0 Å². The van der Waals surface area contributed by atoms with Crippen LogP contribution in [0.25, 0.3) is 0 Å². The Morgan fingerprint density at radius 2 is 1.67 bits per heavy atom. The quantitative estimate of drug-likeness (QED) is 0.601. The molecule has 2 aromatic carbocycles. The van der Waals surface area contributed by atoms with Crippen LogP contribution in [-0.2, 0) is 12.0 Å². The zero-order valence-corrected chi connectivity index (χ0v) is 15.8. The first kappa shape index (κ1) is 19.0. The van der Waals surface area contributed by atoms with E-state index in [0.29, 0.717) is 5.92 Å². The van der Waals surface area contributed by atoms with Crippen LogP contribution in [0.5, 0.6) is 0 Å². The molecule has 0 saturated heterocycles. The first-order valence-corrected chi connectivity index (χ1v) is 9.07. The number of nitrogens with zero attached hydrogens (tertiary/aromatic N) is 1. The highest BCUT2D eigenvalue weighted by atomic mass is 35.5. The highest BCUT2D eigenvalue weighted by Crippen LogP contribution is 2.39. The Morgan fingerprint density at radius 1 is 1.04 bits per heavy atom. The molecule has 24 heavy (non-hydrogen) atoms. The third kappa shape index (κ3) is 3.81. The van der Waals surface area contributed by atoms with Gasteiger partial charge in [0.2, 0.25) is 0 Å². The van der Waals surface area contributed by atoms with Gasteiger partial charge in [0.05, 0.1) is 5.54 Å². The van der Waals surface area contributed by atoms with E-state index < -0.39 is 0 Å². The summed E-state index contributed by atoms with van der Waals surface area (Å²) < 4.78 is 13.5. The van der Waals surface area contributed by atoms with E-state index in [1.54, 1.807) is 12.1 Å². The number of hydrogen-bond donors (Lipinski definition) is 0. The zero-order chi connectivity index (χ0) is 17.7. The zero-order valence-electron chi connectivity index (χ0n) is 15.0. The third-order valence-corrected chi connectivity index (χ3v) is 5.22. The first-order valence-electron chi connectivity index (χ1n) is 8.69. The molecule has 0 spiro atoms. The topological polar surface area (TPSA) is 3.24 Å². The lowest BCUT2D eigenvalue weighted by Gasteiger charge is -2.47. The van der Waals surface area contributed by atoms with Crippen molar-refractivity contribution in [3.05, 3.63) is 70.5 Å². The van der Waals surface area contributed by atoms with Gasteiger partial charge in [-0.25, -0.2) is 4.39 Å².